The lowest BCUT2D eigenvalue weighted by atomic mass is 9.91. The van der Waals surface area contributed by atoms with Gasteiger partial charge in [0.1, 0.15) is 0 Å². The van der Waals surface area contributed by atoms with Gasteiger partial charge in [-0.1, -0.05) is 12.1 Å². The summed E-state index contributed by atoms with van der Waals surface area (Å²) in [5, 5.41) is 10.5. The van der Waals surface area contributed by atoms with Gasteiger partial charge in [0.05, 0.1) is 17.6 Å². The van der Waals surface area contributed by atoms with Crippen molar-refractivity contribution in [3.05, 3.63) is 39.9 Å². The van der Waals surface area contributed by atoms with E-state index in [1.165, 1.54) is 0 Å². The topological polar surface area (TPSA) is 78.4 Å². The molecule has 2 rings (SSSR count). The minimum atomic E-state index is -0.383. The number of hydrogen-bond donors (Lipinski definition) is 1. The summed E-state index contributed by atoms with van der Waals surface area (Å²) in [4.78, 5) is 10.2. The zero-order valence-electron chi connectivity index (χ0n) is 9.54. The average Bonchev–Trinajstić information content (AvgIpc) is 2.39. The third-order valence-corrected chi connectivity index (χ3v) is 3.21. The Bertz CT molecular complexity index is 383. The molecule has 1 aromatic rings. The summed E-state index contributed by atoms with van der Waals surface area (Å²) in [5.41, 5.74) is 6.77. The first-order valence-electron chi connectivity index (χ1n) is 5.76. The highest BCUT2D eigenvalue weighted by Gasteiger charge is 2.22. The van der Waals surface area contributed by atoms with Gasteiger partial charge in [-0.15, -0.1) is 0 Å². The van der Waals surface area contributed by atoms with Crippen molar-refractivity contribution in [2.24, 2.45) is 5.73 Å². The van der Waals surface area contributed by atoms with Crippen LogP contribution in [-0.2, 0) is 4.74 Å². The predicted molar refractivity (Wildman–Crippen MR) is 63.9 cm³/mol. The molecule has 0 aliphatic carbocycles. The van der Waals surface area contributed by atoms with Gasteiger partial charge < -0.3 is 10.5 Å². The van der Waals surface area contributed by atoms with Crippen molar-refractivity contribution in [2.45, 2.75) is 24.9 Å². The number of benzene rings is 1. The van der Waals surface area contributed by atoms with Crippen LogP contribution in [0.1, 0.15) is 24.3 Å². The summed E-state index contributed by atoms with van der Waals surface area (Å²) >= 11 is 0. The third kappa shape index (κ3) is 2.81. The van der Waals surface area contributed by atoms with Crippen LogP contribution in [0.15, 0.2) is 24.3 Å². The van der Waals surface area contributed by atoms with Crippen molar-refractivity contribution in [1.82, 2.24) is 0 Å². The Kier molecular flexibility index (Phi) is 3.71. The van der Waals surface area contributed by atoms with Crippen LogP contribution in [-0.4, -0.2) is 24.2 Å². The van der Waals surface area contributed by atoms with Gasteiger partial charge in [0, 0.05) is 24.6 Å². The molecule has 0 unspecified atom stereocenters. The van der Waals surface area contributed by atoms with Crippen LogP contribution in [0.4, 0.5) is 5.69 Å². The molecule has 2 N–H and O–H groups in total. The summed E-state index contributed by atoms with van der Waals surface area (Å²) in [6, 6.07) is 6.72. The highest BCUT2D eigenvalue weighted by molar-refractivity contribution is 5.34. The highest BCUT2D eigenvalue weighted by Crippen LogP contribution is 2.28. The lowest BCUT2D eigenvalue weighted by Crippen LogP contribution is -2.30. The second-order valence-corrected chi connectivity index (χ2v) is 4.31. The van der Waals surface area contributed by atoms with Crippen molar-refractivity contribution in [2.75, 3.05) is 13.2 Å². The molecule has 1 aliphatic rings. The maximum Gasteiger partial charge on any atom is 0.269 e. The largest absolute Gasteiger partial charge is 0.376 e. The molecule has 1 heterocycles. The second-order valence-electron chi connectivity index (χ2n) is 4.31. The number of hydrogen-bond acceptors (Lipinski definition) is 4. The third-order valence-electron chi connectivity index (χ3n) is 3.21. The van der Waals surface area contributed by atoms with Crippen molar-refractivity contribution in [1.29, 1.82) is 0 Å². The van der Waals surface area contributed by atoms with Crippen LogP contribution in [0.25, 0.3) is 0 Å². The minimum absolute atomic E-state index is 0.130. The standard InChI is InChI=1S/C12H16N2O3/c13-7-12-6-3-10(8-17-12)9-1-4-11(5-2-9)14(15)16/h1-2,4-5,10,12H,3,6-8,13H2/t10-,12-/m0/s1. The van der Waals surface area contributed by atoms with Crippen molar-refractivity contribution >= 4 is 5.69 Å². The number of rotatable bonds is 3. The first-order valence-corrected chi connectivity index (χ1v) is 5.76. The normalized spacial score (nSPS) is 24.5. The number of nitrogens with zero attached hydrogens (tertiary/aromatic N) is 1. The van der Waals surface area contributed by atoms with Crippen LogP contribution in [0.5, 0.6) is 0 Å². The highest BCUT2D eigenvalue weighted by atomic mass is 16.6. The van der Waals surface area contributed by atoms with Gasteiger partial charge in [-0.2, -0.15) is 0 Å². The summed E-state index contributed by atoms with van der Waals surface area (Å²) in [5.74, 6) is 0.332. The van der Waals surface area contributed by atoms with E-state index in [1.807, 2.05) is 12.1 Å². The maximum atomic E-state index is 10.5. The molecule has 0 radical (unpaired) electrons. The van der Waals surface area contributed by atoms with Gasteiger partial charge in [0.2, 0.25) is 0 Å². The summed E-state index contributed by atoms with van der Waals surface area (Å²) in [6.07, 6.45) is 2.15. The maximum absolute atomic E-state index is 10.5. The molecular formula is C12H16N2O3. The predicted octanol–water partition coefficient (Wildman–Crippen LogP) is 1.82. The Morgan fingerprint density at radius 3 is 2.53 bits per heavy atom. The van der Waals surface area contributed by atoms with Gasteiger partial charge in [0.15, 0.2) is 0 Å². The lowest BCUT2D eigenvalue weighted by molar-refractivity contribution is -0.384. The van der Waals surface area contributed by atoms with Gasteiger partial charge in [-0.3, -0.25) is 10.1 Å². The first-order chi connectivity index (χ1) is 8.20. The molecule has 1 aromatic carbocycles. The van der Waals surface area contributed by atoms with E-state index in [0.717, 1.165) is 18.4 Å². The van der Waals surface area contributed by atoms with Crippen LogP contribution in [0, 0.1) is 10.1 Å². The number of ether oxygens (including phenoxy) is 1. The molecule has 1 aliphatic heterocycles. The van der Waals surface area contributed by atoms with Crippen molar-refractivity contribution < 1.29 is 9.66 Å². The van der Waals surface area contributed by atoms with Crippen LogP contribution >= 0.6 is 0 Å². The molecule has 0 spiro atoms. The number of nitro benzene ring substituents is 1. The van der Waals surface area contributed by atoms with E-state index < -0.39 is 0 Å². The fourth-order valence-corrected chi connectivity index (χ4v) is 2.12. The van der Waals surface area contributed by atoms with E-state index in [2.05, 4.69) is 0 Å². The Hall–Kier alpha value is -1.46. The van der Waals surface area contributed by atoms with Gasteiger partial charge in [-0.25, -0.2) is 0 Å². The van der Waals surface area contributed by atoms with Crippen LogP contribution < -0.4 is 5.73 Å². The first kappa shape index (κ1) is 12.0. The fraction of sp³-hybridized carbons (Fsp3) is 0.500. The van der Waals surface area contributed by atoms with E-state index in [4.69, 9.17) is 10.5 Å². The van der Waals surface area contributed by atoms with Gasteiger partial charge in [-0.05, 0) is 18.4 Å². The molecule has 0 aromatic heterocycles. The summed E-state index contributed by atoms with van der Waals surface area (Å²) in [7, 11) is 0. The minimum Gasteiger partial charge on any atom is -0.376 e. The zero-order chi connectivity index (χ0) is 12.3. The van der Waals surface area contributed by atoms with E-state index in [9.17, 15) is 10.1 Å². The molecular weight excluding hydrogens is 220 g/mol. The smallest absolute Gasteiger partial charge is 0.269 e. The number of non-ortho nitro benzene ring substituents is 1. The number of nitro groups is 1. The van der Waals surface area contributed by atoms with E-state index in [1.54, 1.807) is 12.1 Å². The second kappa shape index (κ2) is 5.25. The number of nitrogens with two attached hydrogens (primary N) is 1. The molecule has 1 saturated heterocycles. The van der Waals surface area contributed by atoms with E-state index >= 15 is 0 Å². The molecule has 5 heteroatoms. The van der Waals surface area contributed by atoms with E-state index in [0.29, 0.717) is 19.1 Å². The Labute approximate surface area is 99.7 Å². The monoisotopic (exact) mass is 236 g/mol. The molecule has 0 amide bonds. The van der Waals surface area contributed by atoms with Gasteiger partial charge in [0.25, 0.3) is 5.69 Å². The van der Waals surface area contributed by atoms with E-state index in [-0.39, 0.29) is 16.7 Å². The fourth-order valence-electron chi connectivity index (χ4n) is 2.12. The Balaban J connectivity index is 2.01. The molecule has 1 fully saturated rings. The SMILES string of the molecule is NC[C@@H]1CC[C@H](c2ccc([N+](=O)[O-])cc2)CO1. The molecule has 0 bridgehead atoms. The quantitative estimate of drug-likeness (QED) is 0.641. The summed E-state index contributed by atoms with van der Waals surface area (Å²) < 4.78 is 5.61. The molecule has 2 atom stereocenters. The molecule has 92 valence electrons. The van der Waals surface area contributed by atoms with Gasteiger partial charge >= 0.3 is 0 Å². The average molecular weight is 236 g/mol. The zero-order valence-corrected chi connectivity index (χ0v) is 9.54. The summed E-state index contributed by atoms with van der Waals surface area (Å²) in [6.45, 7) is 1.21. The Morgan fingerprint density at radius 1 is 1.35 bits per heavy atom. The molecule has 5 nitrogen and oxygen atoms in total. The lowest BCUT2D eigenvalue weighted by Gasteiger charge is -2.28. The van der Waals surface area contributed by atoms with Crippen molar-refractivity contribution in [3.63, 3.8) is 0 Å². The molecule has 0 saturated carbocycles. The van der Waals surface area contributed by atoms with Crippen LogP contribution in [0.3, 0.4) is 0 Å². The Morgan fingerprint density at radius 2 is 2.06 bits per heavy atom. The van der Waals surface area contributed by atoms with Crippen molar-refractivity contribution in [3.8, 4) is 0 Å². The van der Waals surface area contributed by atoms with Crippen LogP contribution in [0.2, 0.25) is 0 Å². The molecule has 17 heavy (non-hydrogen) atoms.